The predicted molar refractivity (Wildman–Crippen MR) is 105 cm³/mol. The van der Waals surface area contributed by atoms with Gasteiger partial charge in [0.25, 0.3) is 5.91 Å². The van der Waals surface area contributed by atoms with Crippen LogP contribution in [0.3, 0.4) is 0 Å². The fourth-order valence-corrected chi connectivity index (χ4v) is 3.04. The first-order valence-electron chi connectivity index (χ1n) is 8.64. The number of aryl methyl sites for hydroxylation is 3. The summed E-state index contributed by atoms with van der Waals surface area (Å²) < 4.78 is 16.2. The number of nitrogens with one attached hydrogen (secondary N) is 1. The molecule has 0 aliphatic rings. The van der Waals surface area contributed by atoms with Crippen LogP contribution in [0.15, 0.2) is 35.4 Å². The van der Waals surface area contributed by atoms with Gasteiger partial charge >= 0.3 is 0 Å². The molecule has 0 radical (unpaired) electrons. The van der Waals surface area contributed by atoms with Gasteiger partial charge < -0.3 is 0 Å². The molecule has 0 unspecified atom stereocenters. The van der Waals surface area contributed by atoms with E-state index in [0.29, 0.717) is 23.0 Å². The van der Waals surface area contributed by atoms with Crippen molar-refractivity contribution < 1.29 is 9.18 Å². The number of carbonyl (C=O) groups is 1. The van der Waals surface area contributed by atoms with Crippen molar-refractivity contribution in [2.45, 2.75) is 33.9 Å². The van der Waals surface area contributed by atoms with Crippen LogP contribution in [0.25, 0.3) is 0 Å². The average molecular weight is 403 g/mol. The molecule has 0 aliphatic heterocycles. The summed E-state index contributed by atoms with van der Waals surface area (Å²) in [6, 6.07) is 8.03. The van der Waals surface area contributed by atoms with Gasteiger partial charge in [-0.15, -0.1) is 0 Å². The number of aromatic nitrogens is 4. The highest BCUT2D eigenvalue weighted by Gasteiger charge is 2.12. The van der Waals surface area contributed by atoms with Gasteiger partial charge in [0, 0.05) is 5.69 Å². The Balaban J connectivity index is 1.65. The fourth-order valence-electron chi connectivity index (χ4n) is 2.76. The van der Waals surface area contributed by atoms with Crippen LogP contribution in [-0.2, 0) is 17.9 Å². The summed E-state index contributed by atoms with van der Waals surface area (Å²) in [5, 5.41) is 13.0. The quantitative estimate of drug-likeness (QED) is 0.508. The molecular formula is C19H20ClFN6O. The summed E-state index contributed by atoms with van der Waals surface area (Å²) in [5.41, 5.74) is 6.37. The average Bonchev–Trinajstić information content (AvgIpc) is 3.09. The minimum atomic E-state index is -0.296. The molecule has 28 heavy (non-hydrogen) atoms. The van der Waals surface area contributed by atoms with Gasteiger partial charge in [0.2, 0.25) is 0 Å². The molecule has 1 aromatic carbocycles. The number of hydrogen-bond donors (Lipinski definition) is 1. The Kier molecular flexibility index (Phi) is 5.89. The third-order valence-electron chi connectivity index (χ3n) is 4.13. The second-order valence-electron chi connectivity index (χ2n) is 6.45. The highest BCUT2D eigenvalue weighted by atomic mass is 35.5. The number of rotatable bonds is 6. The van der Waals surface area contributed by atoms with Gasteiger partial charge in [-0.05, 0) is 44.5 Å². The highest BCUT2D eigenvalue weighted by molar-refractivity contribution is 6.32. The molecule has 1 N–H and O–H groups in total. The van der Waals surface area contributed by atoms with Gasteiger partial charge in [0.05, 0.1) is 29.7 Å². The summed E-state index contributed by atoms with van der Waals surface area (Å²) >= 11 is 6.39. The van der Waals surface area contributed by atoms with E-state index in [9.17, 15) is 9.18 Å². The lowest BCUT2D eigenvalue weighted by Gasteiger charge is -2.04. The van der Waals surface area contributed by atoms with E-state index < -0.39 is 0 Å². The first kappa shape index (κ1) is 19.8. The lowest BCUT2D eigenvalue weighted by molar-refractivity contribution is -0.121. The van der Waals surface area contributed by atoms with Crippen molar-refractivity contribution in [3.05, 3.63) is 69.5 Å². The lowest BCUT2D eigenvalue weighted by atomic mass is 10.2. The van der Waals surface area contributed by atoms with Gasteiger partial charge in [-0.25, -0.2) is 14.5 Å². The molecule has 7 nitrogen and oxygen atoms in total. The van der Waals surface area contributed by atoms with Crippen molar-refractivity contribution in [1.29, 1.82) is 0 Å². The topological polar surface area (TPSA) is 77.1 Å². The van der Waals surface area contributed by atoms with Crippen molar-refractivity contribution in [1.82, 2.24) is 25.0 Å². The summed E-state index contributed by atoms with van der Waals surface area (Å²) in [6.07, 6.45) is 1.46. The Morgan fingerprint density at radius 1 is 1.21 bits per heavy atom. The molecule has 0 fully saturated rings. The third-order valence-corrected chi connectivity index (χ3v) is 4.53. The van der Waals surface area contributed by atoms with E-state index >= 15 is 0 Å². The number of benzene rings is 1. The minimum absolute atomic E-state index is 0.0769. The van der Waals surface area contributed by atoms with E-state index in [4.69, 9.17) is 11.6 Å². The molecule has 3 aromatic rings. The number of carbonyl (C=O) groups excluding carboxylic acids is 1. The van der Waals surface area contributed by atoms with Crippen LogP contribution in [0.2, 0.25) is 5.15 Å². The molecular weight excluding hydrogens is 383 g/mol. The van der Waals surface area contributed by atoms with Crippen LogP contribution in [0.1, 0.15) is 28.2 Å². The minimum Gasteiger partial charge on any atom is -0.271 e. The molecule has 3 rings (SSSR count). The van der Waals surface area contributed by atoms with Crippen LogP contribution < -0.4 is 5.43 Å². The van der Waals surface area contributed by atoms with Gasteiger partial charge in [-0.2, -0.15) is 15.3 Å². The Labute approximate surface area is 166 Å². The zero-order chi connectivity index (χ0) is 20.3. The van der Waals surface area contributed by atoms with Crippen LogP contribution >= 0.6 is 11.6 Å². The number of halogens is 2. The van der Waals surface area contributed by atoms with Gasteiger partial charge in [0.15, 0.2) is 0 Å². The van der Waals surface area contributed by atoms with Crippen molar-refractivity contribution in [3.8, 4) is 0 Å². The Morgan fingerprint density at radius 3 is 2.57 bits per heavy atom. The van der Waals surface area contributed by atoms with E-state index in [1.54, 1.807) is 28.4 Å². The maximum atomic E-state index is 13.0. The number of hydrogen-bond acceptors (Lipinski definition) is 4. The molecule has 0 saturated carbocycles. The second kappa shape index (κ2) is 8.35. The molecule has 2 heterocycles. The first-order chi connectivity index (χ1) is 13.3. The van der Waals surface area contributed by atoms with E-state index in [2.05, 4.69) is 20.7 Å². The smallest absolute Gasteiger partial charge is 0.261 e. The lowest BCUT2D eigenvalue weighted by Crippen LogP contribution is -2.24. The molecule has 1 amide bonds. The molecule has 0 aliphatic carbocycles. The van der Waals surface area contributed by atoms with Crippen LogP contribution in [0.4, 0.5) is 4.39 Å². The van der Waals surface area contributed by atoms with E-state index in [0.717, 1.165) is 17.0 Å². The summed E-state index contributed by atoms with van der Waals surface area (Å²) in [4.78, 5) is 12.0. The molecule has 0 saturated heterocycles. The zero-order valence-corrected chi connectivity index (χ0v) is 16.5. The van der Waals surface area contributed by atoms with Crippen LogP contribution in [0.5, 0.6) is 0 Å². The van der Waals surface area contributed by atoms with Crippen molar-refractivity contribution in [2.75, 3.05) is 0 Å². The Bertz CT molecular complexity index is 1020. The molecule has 0 atom stereocenters. The standard InChI is InChI=1S/C19H20ClFN6O/c1-12-8-13(2)26(24-12)11-18(28)23-22-9-17-14(3)25-27(19(17)20)10-15-4-6-16(21)7-5-15/h4-9H,10-11H2,1-3H3,(H,23,28)/b22-9-. The van der Waals surface area contributed by atoms with E-state index in [1.165, 1.54) is 18.3 Å². The predicted octanol–water partition coefficient (Wildman–Crippen LogP) is 3.00. The zero-order valence-electron chi connectivity index (χ0n) is 15.8. The van der Waals surface area contributed by atoms with Gasteiger partial charge in [0.1, 0.15) is 17.5 Å². The Hall–Kier alpha value is -3.00. The van der Waals surface area contributed by atoms with Gasteiger partial charge in [-0.3, -0.25) is 9.48 Å². The molecule has 9 heteroatoms. The largest absolute Gasteiger partial charge is 0.271 e. The molecule has 0 bridgehead atoms. The summed E-state index contributed by atoms with van der Waals surface area (Å²) in [6.45, 7) is 6.03. The normalized spacial score (nSPS) is 11.3. The maximum Gasteiger partial charge on any atom is 0.261 e. The van der Waals surface area contributed by atoms with E-state index in [1.807, 2.05) is 19.9 Å². The van der Waals surface area contributed by atoms with Crippen molar-refractivity contribution in [3.63, 3.8) is 0 Å². The molecule has 2 aromatic heterocycles. The third kappa shape index (κ3) is 4.64. The van der Waals surface area contributed by atoms with Crippen molar-refractivity contribution >= 4 is 23.7 Å². The monoisotopic (exact) mass is 402 g/mol. The summed E-state index contributed by atoms with van der Waals surface area (Å²) in [7, 11) is 0. The number of hydrazone groups is 1. The fraction of sp³-hybridized carbons (Fsp3) is 0.263. The number of nitrogens with zero attached hydrogens (tertiary/aromatic N) is 5. The van der Waals surface area contributed by atoms with Gasteiger partial charge in [-0.1, -0.05) is 23.7 Å². The first-order valence-corrected chi connectivity index (χ1v) is 9.01. The maximum absolute atomic E-state index is 13.0. The van der Waals surface area contributed by atoms with E-state index in [-0.39, 0.29) is 18.3 Å². The van der Waals surface area contributed by atoms with Crippen molar-refractivity contribution in [2.24, 2.45) is 5.10 Å². The highest BCUT2D eigenvalue weighted by Crippen LogP contribution is 2.19. The number of amides is 1. The summed E-state index contributed by atoms with van der Waals surface area (Å²) in [5.74, 6) is -0.592. The molecule has 146 valence electrons. The molecule has 0 spiro atoms. The Morgan fingerprint density at radius 2 is 1.93 bits per heavy atom. The SMILES string of the molecule is Cc1cc(C)n(CC(=O)N/N=C\c2c(C)nn(Cc3ccc(F)cc3)c2Cl)n1. The van der Waals surface area contributed by atoms with Crippen LogP contribution in [-0.4, -0.2) is 31.7 Å². The second-order valence-corrected chi connectivity index (χ2v) is 6.81. The van der Waals surface area contributed by atoms with Crippen LogP contribution in [0, 0.1) is 26.6 Å².